The van der Waals surface area contributed by atoms with E-state index in [9.17, 15) is 5.11 Å². The van der Waals surface area contributed by atoms with Crippen molar-refractivity contribution in [3.63, 3.8) is 0 Å². The maximum atomic E-state index is 9.67. The summed E-state index contributed by atoms with van der Waals surface area (Å²) in [6.45, 7) is 3.87. The number of nitrogens with one attached hydrogen (secondary N) is 1. The number of aliphatic hydroxyl groups is 1. The second-order valence-corrected chi connectivity index (χ2v) is 3.69. The molecule has 0 aromatic carbocycles. The van der Waals surface area contributed by atoms with Crippen LogP contribution in [0, 0.1) is 17.2 Å². The quantitative estimate of drug-likeness (QED) is 0.557. The van der Waals surface area contributed by atoms with E-state index < -0.39 is 0 Å². The largest absolute Gasteiger partial charge is 0.392 e. The topological polar surface area (TPSA) is 44.1 Å². The molecule has 0 heterocycles. The van der Waals surface area contributed by atoms with E-state index in [0.717, 1.165) is 12.8 Å². The predicted octanol–water partition coefficient (Wildman–Crippen LogP) is 1.82. The van der Waals surface area contributed by atoms with Crippen molar-refractivity contribution in [1.82, 2.24) is 0 Å². The second-order valence-electron chi connectivity index (χ2n) is 3.69. The van der Waals surface area contributed by atoms with Gasteiger partial charge in [0.25, 0.3) is 0 Å². The summed E-state index contributed by atoms with van der Waals surface area (Å²) in [6, 6.07) is 0. The minimum atomic E-state index is -0.263. The fourth-order valence-electron chi connectivity index (χ4n) is 1.87. The van der Waals surface area contributed by atoms with Crippen molar-refractivity contribution < 1.29 is 5.11 Å². The van der Waals surface area contributed by atoms with Crippen LogP contribution in [-0.2, 0) is 0 Å². The first-order chi connectivity index (χ1) is 5.13. The Hall–Kier alpha value is -0.370. The molecule has 0 aromatic heterocycles. The van der Waals surface area contributed by atoms with Gasteiger partial charge in [0.15, 0.2) is 0 Å². The molecule has 1 saturated carbocycles. The van der Waals surface area contributed by atoms with Crippen LogP contribution in [0.1, 0.15) is 33.1 Å². The number of hydrogen-bond donors (Lipinski definition) is 2. The van der Waals surface area contributed by atoms with Gasteiger partial charge >= 0.3 is 0 Å². The van der Waals surface area contributed by atoms with Crippen LogP contribution < -0.4 is 0 Å². The molecule has 0 aliphatic heterocycles. The van der Waals surface area contributed by atoms with Crippen LogP contribution in [0.5, 0.6) is 0 Å². The van der Waals surface area contributed by atoms with Crippen LogP contribution in [0.2, 0.25) is 0 Å². The van der Waals surface area contributed by atoms with Crippen LogP contribution in [-0.4, -0.2) is 16.9 Å². The Bertz CT molecular complexity index is 156. The third kappa shape index (κ3) is 1.80. The van der Waals surface area contributed by atoms with Gasteiger partial charge in [0, 0.05) is 11.6 Å². The normalized spacial score (nSPS) is 38.6. The van der Waals surface area contributed by atoms with E-state index in [0.29, 0.717) is 11.6 Å². The third-order valence-corrected chi connectivity index (χ3v) is 2.73. The van der Waals surface area contributed by atoms with Gasteiger partial charge in [0.05, 0.1) is 6.10 Å². The van der Waals surface area contributed by atoms with Gasteiger partial charge in [-0.1, -0.05) is 13.3 Å². The molecule has 3 unspecified atom stereocenters. The smallest absolute Gasteiger partial charge is 0.0645 e. The van der Waals surface area contributed by atoms with Crippen molar-refractivity contribution in [3.8, 4) is 0 Å². The van der Waals surface area contributed by atoms with E-state index in [1.807, 2.05) is 0 Å². The molecule has 0 bridgehead atoms. The molecule has 1 fully saturated rings. The summed E-state index contributed by atoms with van der Waals surface area (Å²) in [5, 5.41) is 17.1. The summed E-state index contributed by atoms with van der Waals surface area (Å²) in [5.74, 6) is 0.521. The highest BCUT2D eigenvalue weighted by molar-refractivity contribution is 5.81. The van der Waals surface area contributed by atoms with Gasteiger partial charge in [0.2, 0.25) is 0 Å². The van der Waals surface area contributed by atoms with Gasteiger partial charge in [-0.15, -0.1) is 0 Å². The molecule has 0 saturated heterocycles. The Morgan fingerprint density at radius 2 is 2.09 bits per heavy atom. The SMILES string of the molecule is CC(=N)C1CCCC(C)C1O. The van der Waals surface area contributed by atoms with Gasteiger partial charge in [-0.25, -0.2) is 0 Å². The highest BCUT2D eigenvalue weighted by atomic mass is 16.3. The molecular formula is C9H17NO. The Balaban J connectivity index is 2.58. The molecule has 3 atom stereocenters. The molecule has 0 amide bonds. The first-order valence-electron chi connectivity index (χ1n) is 4.36. The van der Waals surface area contributed by atoms with Gasteiger partial charge in [-0.2, -0.15) is 0 Å². The number of rotatable bonds is 1. The lowest BCUT2D eigenvalue weighted by atomic mass is 9.78. The molecule has 2 heteroatoms. The fourth-order valence-corrected chi connectivity index (χ4v) is 1.87. The number of hydrogen-bond acceptors (Lipinski definition) is 2. The van der Waals surface area contributed by atoms with Crippen LogP contribution in [0.3, 0.4) is 0 Å². The summed E-state index contributed by atoms with van der Waals surface area (Å²) in [4.78, 5) is 0. The van der Waals surface area contributed by atoms with Gasteiger partial charge < -0.3 is 10.5 Å². The van der Waals surface area contributed by atoms with Crippen LogP contribution >= 0.6 is 0 Å². The molecule has 64 valence electrons. The monoisotopic (exact) mass is 155 g/mol. The molecule has 1 rings (SSSR count). The average Bonchev–Trinajstić information content (AvgIpc) is 1.94. The second kappa shape index (κ2) is 3.35. The van der Waals surface area contributed by atoms with Crippen molar-refractivity contribution in [2.75, 3.05) is 0 Å². The lowest BCUT2D eigenvalue weighted by Gasteiger charge is -2.32. The van der Waals surface area contributed by atoms with Crippen molar-refractivity contribution in [2.24, 2.45) is 11.8 Å². The summed E-state index contributed by atoms with van der Waals surface area (Å²) in [7, 11) is 0. The first-order valence-corrected chi connectivity index (χ1v) is 4.36. The van der Waals surface area contributed by atoms with E-state index >= 15 is 0 Å². The van der Waals surface area contributed by atoms with Crippen molar-refractivity contribution in [3.05, 3.63) is 0 Å². The first kappa shape index (κ1) is 8.72. The van der Waals surface area contributed by atoms with E-state index in [-0.39, 0.29) is 12.0 Å². The van der Waals surface area contributed by atoms with E-state index in [1.54, 1.807) is 6.92 Å². The lowest BCUT2D eigenvalue weighted by Crippen LogP contribution is -2.35. The molecular weight excluding hydrogens is 138 g/mol. The summed E-state index contributed by atoms with van der Waals surface area (Å²) in [6.07, 6.45) is 3.02. The van der Waals surface area contributed by atoms with E-state index in [1.165, 1.54) is 6.42 Å². The van der Waals surface area contributed by atoms with Crippen LogP contribution in [0.4, 0.5) is 0 Å². The fraction of sp³-hybridized carbons (Fsp3) is 0.889. The zero-order valence-corrected chi connectivity index (χ0v) is 7.30. The maximum Gasteiger partial charge on any atom is 0.0645 e. The Morgan fingerprint density at radius 3 is 2.55 bits per heavy atom. The standard InChI is InChI=1S/C9H17NO/c1-6-4-3-5-8(7(2)10)9(6)11/h6,8-11H,3-5H2,1-2H3. The molecule has 0 aromatic rings. The van der Waals surface area contributed by atoms with Gasteiger partial charge in [-0.05, 0) is 25.7 Å². The van der Waals surface area contributed by atoms with E-state index in [2.05, 4.69) is 6.92 Å². The summed E-state index contributed by atoms with van der Waals surface area (Å²) >= 11 is 0. The van der Waals surface area contributed by atoms with Crippen molar-refractivity contribution in [1.29, 1.82) is 5.41 Å². The van der Waals surface area contributed by atoms with E-state index in [4.69, 9.17) is 5.41 Å². The molecule has 1 aliphatic carbocycles. The van der Waals surface area contributed by atoms with Crippen molar-refractivity contribution in [2.45, 2.75) is 39.2 Å². The molecule has 2 N–H and O–H groups in total. The molecule has 11 heavy (non-hydrogen) atoms. The Labute approximate surface area is 68.1 Å². The molecule has 2 nitrogen and oxygen atoms in total. The summed E-state index contributed by atoms with van der Waals surface area (Å²) < 4.78 is 0. The number of aliphatic hydroxyl groups excluding tert-OH is 1. The Kier molecular flexibility index (Phi) is 2.66. The van der Waals surface area contributed by atoms with Crippen LogP contribution in [0.15, 0.2) is 0 Å². The zero-order chi connectivity index (χ0) is 8.43. The average molecular weight is 155 g/mol. The molecule has 0 spiro atoms. The lowest BCUT2D eigenvalue weighted by molar-refractivity contribution is 0.0525. The Morgan fingerprint density at radius 1 is 1.45 bits per heavy atom. The zero-order valence-electron chi connectivity index (χ0n) is 7.30. The van der Waals surface area contributed by atoms with Gasteiger partial charge in [0.1, 0.15) is 0 Å². The maximum absolute atomic E-state index is 9.67. The minimum absolute atomic E-state index is 0.138. The van der Waals surface area contributed by atoms with Crippen molar-refractivity contribution >= 4 is 5.71 Å². The molecule has 1 aliphatic rings. The highest BCUT2D eigenvalue weighted by Crippen LogP contribution is 2.29. The predicted molar refractivity (Wildman–Crippen MR) is 45.9 cm³/mol. The minimum Gasteiger partial charge on any atom is -0.392 e. The third-order valence-electron chi connectivity index (χ3n) is 2.73. The highest BCUT2D eigenvalue weighted by Gasteiger charge is 2.29. The van der Waals surface area contributed by atoms with Crippen LogP contribution in [0.25, 0.3) is 0 Å². The van der Waals surface area contributed by atoms with Gasteiger partial charge in [-0.3, -0.25) is 0 Å². The summed E-state index contributed by atoms with van der Waals surface area (Å²) in [5.41, 5.74) is 0.643. The molecule has 0 radical (unpaired) electrons.